The molecular formula is C25H16Cl2N4O5S2. The first-order valence-corrected chi connectivity index (χ1v) is 13.9. The summed E-state index contributed by atoms with van der Waals surface area (Å²) in [7, 11) is -4.11. The smallest absolute Gasteiger partial charge is 0.282 e. The molecule has 0 fully saturated rings. The van der Waals surface area contributed by atoms with Gasteiger partial charge in [0.1, 0.15) is 17.2 Å². The third-order valence-corrected chi connectivity index (χ3v) is 7.96. The fourth-order valence-corrected chi connectivity index (χ4v) is 5.54. The van der Waals surface area contributed by atoms with Crippen molar-refractivity contribution in [3.63, 3.8) is 0 Å². The second-order valence-electron chi connectivity index (χ2n) is 7.79. The molecule has 0 bridgehead atoms. The van der Waals surface area contributed by atoms with Gasteiger partial charge in [0.05, 0.1) is 27.4 Å². The maximum atomic E-state index is 13.1. The van der Waals surface area contributed by atoms with Crippen molar-refractivity contribution in [1.82, 2.24) is 9.38 Å². The summed E-state index contributed by atoms with van der Waals surface area (Å²) in [6.07, 6.45) is 2.78. The first-order valence-electron chi connectivity index (χ1n) is 10.8. The van der Waals surface area contributed by atoms with Gasteiger partial charge in [-0.15, -0.1) is 11.3 Å². The molecule has 0 aliphatic rings. The Labute approximate surface area is 230 Å². The van der Waals surface area contributed by atoms with Gasteiger partial charge in [-0.25, -0.2) is 13.4 Å². The lowest BCUT2D eigenvalue weighted by Gasteiger charge is -2.14. The van der Waals surface area contributed by atoms with Gasteiger partial charge in [0.15, 0.2) is 4.96 Å². The number of halogens is 2. The topological polar surface area (TPSA) is 119 Å². The van der Waals surface area contributed by atoms with Crippen LogP contribution in [0.4, 0.5) is 11.4 Å². The van der Waals surface area contributed by atoms with Gasteiger partial charge >= 0.3 is 0 Å². The number of hydrogen-bond donors (Lipinski definition) is 2. The normalized spacial score (nSPS) is 11.3. The van der Waals surface area contributed by atoms with Crippen LogP contribution in [0, 0.1) is 0 Å². The van der Waals surface area contributed by atoms with Crippen molar-refractivity contribution in [2.75, 3.05) is 10.0 Å². The van der Waals surface area contributed by atoms with Crippen LogP contribution in [0.15, 0.2) is 94.2 Å². The van der Waals surface area contributed by atoms with Crippen LogP contribution < -0.4 is 20.3 Å². The van der Waals surface area contributed by atoms with Crippen LogP contribution in [-0.2, 0) is 10.0 Å². The Morgan fingerprint density at radius 1 is 1.00 bits per heavy atom. The molecule has 2 N–H and O–H groups in total. The first kappa shape index (κ1) is 25.7. The van der Waals surface area contributed by atoms with Gasteiger partial charge in [-0.2, -0.15) is 0 Å². The highest BCUT2D eigenvalue weighted by Crippen LogP contribution is 2.30. The Morgan fingerprint density at radius 3 is 2.53 bits per heavy atom. The molecule has 2 heterocycles. The van der Waals surface area contributed by atoms with Gasteiger partial charge in [0.25, 0.3) is 21.5 Å². The SMILES string of the molecule is O=C(Nc1cnc2sccn2c1=O)c1cc(Cl)ccc1NS(=O)(=O)c1ccc(Oc2ccccc2Cl)cc1. The van der Waals surface area contributed by atoms with Crippen molar-refractivity contribution in [3.8, 4) is 11.5 Å². The number of amides is 1. The maximum Gasteiger partial charge on any atom is 0.282 e. The number of rotatable bonds is 7. The summed E-state index contributed by atoms with van der Waals surface area (Å²) in [5.41, 5.74) is -0.677. The van der Waals surface area contributed by atoms with E-state index >= 15 is 0 Å². The molecule has 38 heavy (non-hydrogen) atoms. The molecule has 0 radical (unpaired) electrons. The molecule has 1 amide bonds. The van der Waals surface area contributed by atoms with Crippen molar-refractivity contribution in [3.05, 3.63) is 110 Å². The number of thiazole rings is 1. The minimum atomic E-state index is -4.11. The van der Waals surface area contributed by atoms with E-state index in [1.54, 1.807) is 29.6 Å². The number of aromatic nitrogens is 2. The van der Waals surface area contributed by atoms with Crippen LogP contribution >= 0.6 is 34.5 Å². The molecule has 0 aliphatic carbocycles. The number of fused-ring (bicyclic) bond motifs is 1. The van der Waals surface area contributed by atoms with Crippen molar-refractivity contribution in [1.29, 1.82) is 0 Å². The van der Waals surface area contributed by atoms with E-state index in [-0.39, 0.29) is 26.9 Å². The first-order chi connectivity index (χ1) is 18.2. The summed E-state index contributed by atoms with van der Waals surface area (Å²) in [6.45, 7) is 0. The number of benzene rings is 3. The summed E-state index contributed by atoms with van der Waals surface area (Å²) >= 11 is 13.5. The lowest BCUT2D eigenvalue weighted by atomic mass is 10.1. The van der Waals surface area contributed by atoms with Crippen LogP contribution in [0.5, 0.6) is 11.5 Å². The van der Waals surface area contributed by atoms with Gasteiger partial charge in [-0.1, -0.05) is 35.3 Å². The highest BCUT2D eigenvalue weighted by atomic mass is 35.5. The summed E-state index contributed by atoms with van der Waals surface area (Å²) in [4.78, 5) is 30.2. The van der Waals surface area contributed by atoms with Crippen molar-refractivity contribution in [2.45, 2.75) is 4.90 Å². The van der Waals surface area contributed by atoms with Gasteiger partial charge in [0.2, 0.25) is 0 Å². The molecule has 192 valence electrons. The quantitative estimate of drug-likeness (QED) is 0.245. The summed E-state index contributed by atoms with van der Waals surface area (Å²) < 4.78 is 35.6. The number of carbonyl (C=O) groups is 1. The summed E-state index contributed by atoms with van der Waals surface area (Å²) in [5.74, 6) is 0.0570. The monoisotopic (exact) mass is 586 g/mol. The van der Waals surface area contributed by atoms with Crippen LogP contribution in [0.3, 0.4) is 0 Å². The van der Waals surface area contributed by atoms with E-state index in [0.29, 0.717) is 21.5 Å². The lowest BCUT2D eigenvalue weighted by Crippen LogP contribution is -2.24. The number of carbonyl (C=O) groups excluding carboxylic acids is 1. The van der Waals surface area contributed by atoms with Gasteiger partial charge in [-0.3, -0.25) is 18.7 Å². The molecule has 5 aromatic rings. The third kappa shape index (κ3) is 5.36. The molecule has 9 nitrogen and oxygen atoms in total. The number of sulfonamides is 1. The zero-order valence-corrected chi connectivity index (χ0v) is 22.2. The molecule has 5 rings (SSSR count). The van der Waals surface area contributed by atoms with E-state index < -0.39 is 21.5 Å². The predicted molar refractivity (Wildman–Crippen MR) is 148 cm³/mol. The Kier molecular flexibility index (Phi) is 7.09. The fraction of sp³-hybridized carbons (Fsp3) is 0. The molecule has 0 saturated carbocycles. The molecule has 0 saturated heterocycles. The van der Waals surface area contributed by atoms with Crippen molar-refractivity contribution in [2.24, 2.45) is 0 Å². The standard InChI is InChI=1S/C25H16Cl2N4O5S2/c26-15-5-10-20(18(13-15)23(32)29-21-14-28-25-31(24(21)33)11-12-37-25)30-38(34,35)17-8-6-16(7-9-17)36-22-4-2-1-3-19(22)27/h1-14,30H,(H,29,32). The minimum Gasteiger partial charge on any atom is -0.456 e. The van der Waals surface area contributed by atoms with Crippen LogP contribution in [-0.4, -0.2) is 23.7 Å². The van der Waals surface area contributed by atoms with Crippen LogP contribution in [0.2, 0.25) is 10.0 Å². The Hall–Kier alpha value is -3.90. The highest BCUT2D eigenvalue weighted by Gasteiger charge is 2.21. The zero-order chi connectivity index (χ0) is 26.9. The minimum absolute atomic E-state index is 0.0343. The van der Waals surface area contributed by atoms with Gasteiger partial charge in [0, 0.05) is 16.6 Å². The Morgan fingerprint density at radius 2 is 1.76 bits per heavy atom. The average molecular weight is 587 g/mol. The van der Waals surface area contributed by atoms with Gasteiger partial charge < -0.3 is 10.1 Å². The molecule has 0 aliphatic heterocycles. The van der Waals surface area contributed by atoms with Crippen LogP contribution in [0.25, 0.3) is 4.96 Å². The molecule has 0 unspecified atom stereocenters. The summed E-state index contributed by atoms with van der Waals surface area (Å²) in [6, 6.07) is 16.6. The molecule has 0 atom stereocenters. The second kappa shape index (κ2) is 10.5. The summed E-state index contributed by atoms with van der Waals surface area (Å²) in [5, 5.41) is 4.78. The molecule has 13 heteroatoms. The van der Waals surface area contributed by atoms with Crippen molar-refractivity contribution < 1.29 is 17.9 Å². The number of nitrogens with one attached hydrogen (secondary N) is 2. The number of nitrogens with zero attached hydrogens (tertiary/aromatic N) is 2. The largest absolute Gasteiger partial charge is 0.456 e. The van der Waals surface area contributed by atoms with E-state index in [1.165, 1.54) is 70.6 Å². The zero-order valence-electron chi connectivity index (χ0n) is 19.1. The van der Waals surface area contributed by atoms with E-state index in [2.05, 4.69) is 15.0 Å². The molecule has 2 aromatic heterocycles. The Balaban J connectivity index is 1.38. The van der Waals surface area contributed by atoms with E-state index in [9.17, 15) is 18.0 Å². The lowest BCUT2D eigenvalue weighted by molar-refractivity contribution is 0.102. The van der Waals surface area contributed by atoms with E-state index in [4.69, 9.17) is 27.9 Å². The molecular weight excluding hydrogens is 571 g/mol. The fourth-order valence-electron chi connectivity index (χ4n) is 3.44. The highest BCUT2D eigenvalue weighted by molar-refractivity contribution is 7.92. The number of anilines is 2. The van der Waals surface area contributed by atoms with E-state index in [0.717, 1.165) is 0 Å². The van der Waals surface area contributed by atoms with Crippen molar-refractivity contribution >= 4 is 66.8 Å². The van der Waals surface area contributed by atoms with E-state index in [1.807, 2.05) is 0 Å². The Bertz CT molecular complexity index is 1840. The van der Waals surface area contributed by atoms with Gasteiger partial charge in [-0.05, 0) is 54.6 Å². The molecule has 0 spiro atoms. The second-order valence-corrected chi connectivity index (χ2v) is 11.2. The van der Waals surface area contributed by atoms with Crippen LogP contribution in [0.1, 0.15) is 10.4 Å². The average Bonchev–Trinajstić information content (AvgIpc) is 3.38. The molecule has 3 aromatic carbocycles. The number of ether oxygens (including phenoxy) is 1. The predicted octanol–water partition coefficient (Wildman–Crippen LogP) is 5.91. The number of hydrogen-bond acceptors (Lipinski definition) is 7. The third-order valence-electron chi connectivity index (χ3n) is 5.26. The maximum absolute atomic E-state index is 13.1. The number of para-hydroxylation sites is 1.